The molecule has 0 radical (unpaired) electrons. The third-order valence-electron chi connectivity index (χ3n) is 8.07. The van der Waals surface area contributed by atoms with Crippen LogP contribution in [0.4, 0.5) is 4.39 Å². The smallest absolute Gasteiger partial charge is 0.254 e. The number of carbonyl (C=O) groups excluding carboxylic acids is 3. The fourth-order valence-electron chi connectivity index (χ4n) is 5.65. The third-order valence-corrected chi connectivity index (χ3v) is 8.71. The predicted octanol–water partition coefficient (Wildman–Crippen LogP) is 4.93. The fraction of sp³-hybridized carbons (Fsp3) is 0.412. The van der Waals surface area contributed by atoms with Gasteiger partial charge in [0.05, 0.1) is 23.7 Å². The topological polar surface area (TPSA) is 122 Å². The number of pyridine rings is 1. The van der Waals surface area contributed by atoms with Crippen LogP contribution in [0.5, 0.6) is 0 Å². The Morgan fingerprint density at radius 3 is 2.57 bits per heavy atom. The van der Waals surface area contributed by atoms with Gasteiger partial charge in [-0.3, -0.25) is 19.4 Å². The molecule has 0 bridgehead atoms. The molecule has 4 aromatic rings. The molecule has 2 N–H and O–H groups in total. The monoisotopic (exact) mass is 645 g/mol. The molecule has 10 nitrogen and oxygen atoms in total. The van der Waals surface area contributed by atoms with E-state index in [4.69, 9.17) is 10.1 Å². The third kappa shape index (κ3) is 7.72. The lowest BCUT2D eigenvalue weighted by Gasteiger charge is -2.28. The van der Waals surface area contributed by atoms with Crippen LogP contribution < -0.4 is 10.6 Å². The minimum absolute atomic E-state index is 0.0513. The van der Waals surface area contributed by atoms with Gasteiger partial charge in [-0.25, -0.2) is 14.1 Å². The zero-order chi connectivity index (χ0) is 32.8. The SMILES string of the molecule is CSCC[C@@H]1NC(=O)CCCN(C(=O)c2cc(C)nc3cc(F)ccc23)CCn2nc(-c3ccccc3)nc2[C@@H](C(C)C)NC1=O. The first-order chi connectivity index (χ1) is 22.1. The van der Waals surface area contributed by atoms with Crippen LogP contribution in [0.2, 0.25) is 0 Å². The number of nitrogens with zero attached hydrogens (tertiary/aromatic N) is 5. The van der Waals surface area contributed by atoms with Crippen molar-refractivity contribution in [2.75, 3.05) is 25.1 Å². The molecule has 12 heteroatoms. The Morgan fingerprint density at radius 1 is 1.04 bits per heavy atom. The number of aryl methyl sites for hydroxylation is 1. The number of nitrogens with one attached hydrogen (secondary N) is 2. The van der Waals surface area contributed by atoms with Gasteiger partial charge >= 0.3 is 0 Å². The van der Waals surface area contributed by atoms with E-state index in [1.54, 1.807) is 40.4 Å². The summed E-state index contributed by atoms with van der Waals surface area (Å²) in [6.07, 6.45) is 2.97. The maximum absolute atomic E-state index is 14.2. The molecule has 3 amide bonds. The first-order valence-electron chi connectivity index (χ1n) is 15.6. The van der Waals surface area contributed by atoms with Crippen LogP contribution >= 0.6 is 11.8 Å². The number of aromatic nitrogens is 4. The maximum atomic E-state index is 14.2. The van der Waals surface area contributed by atoms with Gasteiger partial charge in [-0.15, -0.1) is 0 Å². The summed E-state index contributed by atoms with van der Waals surface area (Å²) in [6.45, 7) is 6.64. The number of carbonyl (C=O) groups is 3. The lowest BCUT2D eigenvalue weighted by atomic mass is 10.0. The molecule has 2 aromatic heterocycles. The van der Waals surface area contributed by atoms with E-state index in [1.807, 2.05) is 50.4 Å². The van der Waals surface area contributed by atoms with E-state index in [0.717, 1.165) is 5.56 Å². The summed E-state index contributed by atoms with van der Waals surface area (Å²) in [7, 11) is 0. The molecule has 0 unspecified atom stereocenters. The Hall–Kier alpha value is -4.32. The largest absolute Gasteiger partial charge is 0.344 e. The average Bonchev–Trinajstić information content (AvgIpc) is 3.46. The summed E-state index contributed by atoms with van der Waals surface area (Å²) >= 11 is 1.61. The molecule has 5 rings (SSSR count). The van der Waals surface area contributed by atoms with E-state index in [9.17, 15) is 18.8 Å². The number of rotatable bonds is 6. The van der Waals surface area contributed by atoms with Crippen molar-refractivity contribution in [2.45, 2.75) is 58.7 Å². The molecule has 2 atom stereocenters. The molecule has 0 spiro atoms. The summed E-state index contributed by atoms with van der Waals surface area (Å²) in [5, 5.41) is 11.5. The van der Waals surface area contributed by atoms with Crippen LogP contribution in [0, 0.1) is 18.7 Å². The van der Waals surface area contributed by atoms with E-state index in [1.165, 1.54) is 12.1 Å². The van der Waals surface area contributed by atoms with Crippen molar-refractivity contribution in [1.29, 1.82) is 0 Å². The molecule has 3 heterocycles. The standard InChI is InChI=1S/C34H40FN7O3S/c1-21(2)30-32-39-31(23-9-6-5-7-10-23)40-42(32)17-16-41(15-8-11-29(43)37-27(14-18-46-4)33(44)38-30)34(45)26-19-22(3)36-28-20-24(35)12-13-25(26)28/h5-7,9-10,12-13,19-21,27,30H,8,11,14-18H2,1-4H3,(H,37,43)(H,38,44)/t27-,30+/m0/s1. The second-order valence-corrected chi connectivity index (χ2v) is 12.9. The minimum Gasteiger partial charge on any atom is -0.344 e. The quantitative estimate of drug-likeness (QED) is 0.305. The van der Waals surface area contributed by atoms with Gasteiger partial charge in [0.15, 0.2) is 11.6 Å². The van der Waals surface area contributed by atoms with Crippen molar-refractivity contribution in [2.24, 2.45) is 5.92 Å². The first-order valence-corrected chi connectivity index (χ1v) is 17.0. The predicted molar refractivity (Wildman–Crippen MR) is 178 cm³/mol. The average molecular weight is 646 g/mol. The highest BCUT2D eigenvalue weighted by molar-refractivity contribution is 7.98. The lowest BCUT2D eigenvalue weighted by molar-refractivity contribution is -0.129. The van der Waals surface area contributed by atoms with Crippen LogP contribution in [-0.4, -0.2) is 73.5 Å². The summed E-state index contributed by atoms with van der Waals surface area (Å²) < 4.78 is 15.8. The molecule has 0 saturated heterocycles. The number of halogens is 1. The van der Waals surface area contributed by atoms with Gasteiger partial charge in [-0.1, -0.05) is 44.2 Å². The highest BCUT2D eigenvalue weighted by Crippen LogP contribution is 2.26. The highest BCUT2D eigenvalue weighted by Gasteiger charge is 2.30. The van der Waals surface area contributed by atoms with Crippen molar-refractivity contribution in [3.05, 3.63) is 77.5 Å². The zero-order valence-electron chi connectivity index (χ0n) is 26.6. The van der Waals surface area contributed by atoms with E-state index in [0.29, 0.717) is 65.5 Å². The van der Waals surface area contributed by atoms with Crippen molar-refractivity contribution in [3.8, 4) is 11.4 Å². The molecule has 2 aromatic carbocycles. The maximum Gasteiger partial charge on any atom is 0.254 e. The first kappa shape index (κ1) is 33.1. The van der Waals surface area contributed by atoms with Gasteiger partial charge in [-0.2, -0.15) is 16.9 Å². The molecule has 0 saturated carbocycles. The molecule has 0 fully saturated rings. The molecule has 0 aliphatic carbocycles. The van der Waals surface area contributed by atoms with E-state index in [-0.39, 0.29) is 36.6 Å². The van der Waals surface area contributed by atoms with Crippen molar-refractivity contribution < 1.29 is 18.8 Å². The second-order valence-electron chi connectivity index (χ2n) is 11.9. The lowest BCUT2D eigenvalue weighted by Crippen LogP contribution is -2.49. The number of thioether (sulfide) groups is 1. The van der Waals surface area contributed by atoms with Gasteiger partial charge in [0.25, 0.3) is 5.91 Å². The van der Waals surface area contributed by atoms with E-state index >= 15 is 0 Å². The molecular formula is C34H40FN7O3S. The second kappa shape index (κ2) is 14.8. The Kier molecular flexibility index (Phi) is 10.7. The summed E-state index contributed by atoms with van der Waals surface area (Å²) in [4.78, 5) is 51.9. The minimum atomic E-state index is -0.710. The number of hydrogen-bond donors (Lipinski definition) is 2. The highest BCUT2D eigenvalue weighted by atomic mass is 32.2. The fourth-order valence-corrected chi connectivity index (χ4v) is 6.13. The molecule has 1 aliphatic heterocycles. The van der Waals surface area contributed by atoms with Gasteiger partial charge in [0.1, 0.15) is 11.9 Å². The van der Waals surface area contributed by atoms with E-state index < -0.39 is 17.9 Å². The molecule has 242 valence electrons. The summed E-state index contributed by atoms with van der Waals surface area (Å²) in [6, 6.07) is 14.3. The van der Waals surface area contributed by atoms with Gasteiger partial charge < -0.3 is 15.5 Å². The Balaban J connectivity index is 1.56. The van der Waals surface area contributed by atoms with Gasteiger partial charge in [0.2, 0.25) is 11.8 Å². The normalized spacial score (nSPS) is 18.2. The van der Waals surface area contributed by atoms with Crippen LogP contribution in [-0.2, 0) is 16.1 Å². The number of fused-ring (bicyclic) bond motifs is 2. The van der Waals surface area contributed by atoms with Crippen LogP contribution in [0.15, 0.2) is 54.6 Å². The summed E-state index contributed by atoms with van der Waals surface area (Å²) in [5.41, 5.74) is 2.25. The van der Waals surface area contributed by atoms with Crippen molar-refractivity contribution in [1.82, 2.24) is 35.3 Å². The molecule has 1 aliphatic rings. The Morgan fingerprint density at radius 2 is 1.83 bits per heavy atom. The van der Waals surface area contributed by atoms with E-state index in [2.05, 4.69) is 15.6 Å². The Bertz CT molecular complexity index is 1710. The van der Waals surface area contributed by atoms with Crippen molar-refractivity contribution in [3.63, 3.8) is 0 Å². The number of benzene rings is 2. The zero-order valence-corrected chi connectivity index (χ0v) is 27.4. The molecule has 46 heavy (non-hydrogen) atoms. The van der Waals surface area contributed by atoms with Gasteiger partial charge in [0, 0.05) is 42.2 Å². The van der Waals surface area contributed by atoms with Crippen LogP contribution in [0.1, 0.15) is 61.0 Å². The van der Waals surface area contributed by atoms with Gasteiger partial charge in [-0.05, 0) is 55.9 Å². The van der Waals surface area contributed by atoms with Crippen LogP contribution in [0.25, 0.3) is 22.3 Å². The Labute approximate surface area is 272 Å². The number of amides is 3. The number of hydrogen-bond acceptors (Lipinski definition) is 7. The molecular weight excluding hydrogens is 605 g/mol. The van der Waals surface area contributed by atoms with Crippen LogP contribution in [0.3, 0.4) is 0 Å². The van der Waals surface area contributed by atoms with Crippen molar-refractivity contribution >= 4 is 40.4 Å². The summed E-state index contributed by atoms with van der Waals surface area (Å²) in [5.74, 6) is 0.554.